The smallest absolute Gasteiger partial charge is 0.375 e. The van der Waals surface area contributed by atoms with E-state index in [2.05, 4.69) is 5.32 Å². The quantitative estimate of drug-likeness (QED) is 0.625. The molecule has 2 aromatic rings. The fraction of sp³-hybridized carbons (Fsp3) is 0.250. The van der Waals surface area contributed by atoms with Gasteiger partial charge in [0, 0.05) is 19.2 Å². The predicted octanol–water partition coefficient (Wildman–Crippen LogP) is 1.94. The third kappa shape index (κ3) is 4.20. The zero-order valence-corrected chi connectivity index (χ0v) is 12.2. The summed E-state index contributed by atoms with van der Waals surface area (Å²) in [5.41, 5.74) is 0.581. The van der Waals surface area contributed by atoms with E-state index in [1.807, 2.05) is 6.07 Å². The van der Waals surface area contributed by atoms with Crippen molar-refractivity contribution in [2.45, 2.75) is 6.10 Å². The molecule has 1 unspecified atom stereocenters. The maximum absolute atomic E-state index is 12.2. The molecule has 0 aliphatic heterocycles. The van der Waals surface area contributed by atoms with Gasteiger partial charge in [-0.2, -0.15) is 0 Å². The number of hydrogen-bond acceptors (Lipinski definition) is 5. The SMILES string of the molecule is COCCNC(=O)C(OC(=O)c1ccco1)c1ccccc1. The Bertz CT molecular complexity index is 594. The van der Waals surface area contributed by atoms with Gasteiger partial charge in [-0.3, -0.25) is 4.79 Å². The first-order valence-electron chi connectivity index (χ1n) is 6.78. The summed E-state index contributed by atoms with van der Waals surface area (Å²) in [5.74, 6) is -1.06. The van der Waals surface area contributed by atoms with Crippen LogP contribution in [0.2, 0.25) is 0 Å². The van der Waals surface area contributed by atoms with E-state index in [0.717, 1.165) is 0 Å². The van der Waals surface area contributed by atoms with Crippen LogP contribution in [0, 0.1) is 0 Å². The zero-order chi connectivity index (χ0) is 15.8. The normalized spacial score (nSPS) is 11.7. The molecule has 0 aliphatic rings. The molecule has 1 amide bonds. The Kier molecular flexibility index (Phi) is 5.73. The number of ether oxygens (including phenoxy) is 2. The van der Waals surface area contributed by atoms with Crippen LogP contribution in [0.3, 0.4) is 0 Å². The molecule has 116 valence electrons. The lowest BCUT2D eigenvalue weighted by Crippen LogP contribution is -2.34. The van der Waals surface area contributed by atoms with Crippen LogP contribution >= 0.6 is 0 Å². The highest BCUT2D eigenvalue weighted by molar-refractivity contribution is 5.90. The van der Waals surface area contributed by atoms with Gasteiger partial charge in [-0.25, -0.2) is 4.79 Å². The fourth-order valence-electron chi connectivity index (χ4n) is 1.83. The molecule has 0 aliphatic carbocycles. The van der Waals surface area contributed by atoms with Crippen LogP contribution < -0.4 is 5.32 Å². The van der Waals surface area contributed by atoms with Gasteiger partial charge in [-0.1, -0.05) is 30.3 Å². The van der Waals surface area contributed by atoms with E-state index >= 15 is 0 Å². The predicted molar refractivity (Wildman–Crippen MR) is 78.2 cm³/mol. The van der Waals surface area contributed by atoms with Gasteiger partial charge in [-0.15, -0.1) is 0 Å². The maximum Gasteiger partial charge on any atom is 0.375 e. The Morgan fingerprint density at radius 2 is 1.95 bits per heavy atom. The molecule has 6 nitrogen and oxygen atoms in total. The number of esters is 1. The number of amides is 1. The van der Waals surface area contributed by atoms with E-state index in [-0.39, 0.29) is 5.76 Å². The van der Waals surface area contributed by atoms with Gasteiger partial charge in [-0.05, 0) is 12.1 Å². The molecule has 0 spiro atoms. The number of nitrogens with one attached hydrogen (secondary N) is 1. The van der Waals surface area contributed by atoms with Crippen molar-refractivity contribution in [3.8, 4) is 0 Å². The monoisotopic (exact) mass is 303 g/mol. The Morgan fingerprint density at radius 1 is 1.18 bits per heavy atom. The number of hydrogen-bond donors (Lipinski definition) is 1. The summed E-state index contributed by atoms with van der Waals surface area (Å²) >= 11 is 0. The first-order chi connectivity index (χ1) is 10.7. The summed E-state index contributed by atoms with van der Waals surface area (Å²) in [5, 5.41) is 2.66. The Hall–Kier alpha value is -2.60. The molecule has 6 heteroatoms. The largest absolute Gasteiger partial charge is 0.457 e. The summed E-state index contributed by atoms with van der Waals surface area (Å²) in [6.07, 6.45) is 0.322. The Morgan fingerprint density at radius 3 is 2.59 bits per heavy atom. The fourth-order valence-corrected chi connectivity index (χ4v) is 1.83. The molecule has 0 saturated heterocycles. The van der Waals surface area contributed by atoms with Gasteiger partial charge in [0.1, 0.15) is 0 Å². The molecule has 1 aromatic carbocycles. The third-order valence-electron chi connectivity index (χ3n) is 2.89. The number of benzene rings is 1. The lowest BCUT2D eigenvalue weighted by atomic mass is 10.1. The lowest BCUT2D eigenvalue weighted by molar-refractivity contribution is -0.130. The van der Waals surface area contributed by atoms with Crippen LogP contribution in [0.25, 0.3) is 0 Å². The van der Waals surface area contributed by atoms with Crippen LogP contribution in [0.1, 0.15) is 22.2 Å². The van der Waals surface area contributed by atoms with E-state index in [9.17, 15) is 9.59 Å². The minimum atomic E-state index is -1.05. The average Bonchev–Trinajstić information content (AvgIpc) is 3.08. The van der Waals surface area contributed by atoms with Crippen molar-refractivity contribution in [3.63, 3.8) is 0 Å². The number of rotatable bonds is 7. The topological polar surface area (TPSA) is 77.8 Å². The van der Waals surface area contributed by atoms with Crippen molar-refractivity contribution in [2.24, 2.45) is 0 Å². The van der Waals surface area contributed by atoms with Crippen molar-refractivity contribution < 1.29 is 23.5 Å². The van der Waals surface area contributed by atoms with Crippen molar-refractivity contribution in [3.05, 3.63) is 60.1 Å². The number of carbonyl (C=O) groups excluding carboxylic acids is 2. The second-order valence-electron chi connectivity index (χ2n) is 4.46. The molecule has 1 aromatic heterocycles. The number of methoxy groups -OCH3 is 1. The Labute approximate surface area is 128 Å². The van der Waals surface area contributed by atoms with Crippen molar-refractivity contribution in [2.75, 3.05) is 20.3 Å². The summed E-state index contributed by atoms with van der Waals surface area (Å²) in [6, 6.07) is 11.8. The van der Waals surface area contributed by atoms with Gasteiger partial charge in [0.2, 0.25) is 11.9 Å². The minimum Gasteiger partial charge on any atom is -0.457 e. The second kappa shape index (κ2) is 7.99. The number of carbonyl (C=O) groups is 2. The summed E-state index contributed by atoms with van der Waals surface area (Å²) < 4.78 is 15.2. The van der Waals surface area contributed by atoms with Gasteiger partial charge < -0.3 is 19.2 Å². The molecular formula is C16H17NO5. The maximum atomic E-state index is 12.2. The minimum absolute atomic E-state index is 0.0469. The molecule has 1 heterocycles. The summed E-state index contributed by atoms with van der Waals surface area (Å²) in [4.78, 5) is 24.3. The highest BCUT2D eigenvalue weighted by atomic mass is 16.6. The molecule has 2 rings (SSSR count). The van der Waals surface area contributed by atoms with Crippen LogP contribution in [0.15, 0.2) is 53.1 Å². The van der Waals surface area contributed by atoms with Crippen LogP contribution in [-0.4, -0.2) is 32.1 Å². The molecule has 22 heavy (non-hydrogen) atoms. The van der Waals surface area contributed by atoms with E-state index in [4.69, 9.17) is 13.9 Å². The average molecular weight is 303 g/mol. The standard InChI is InChI=1S/C16H17NO5/c1-20-11-9-17-15(18)14(12-6-3-2-4-7-12)22-16(19)13-8-5-10-21-13/h2-8,10,14H,9,11H2,1H3,(H,17,18). The Balaban J connectivity index is 2.11. The molecule has 0 bridgehead atoms. The van der Waals surface area contributed by atoms with Crippen LogP contribution in [-0.2, 0) is 14.3 Å². The zero-order valence-electron chi connectivity index (χ0n) is 12.2. The van der Waals surface area contributed by atoms with Gasteiger partial charge in [0.25, 0.3) is 5.91 Å². The van der Waals surface area contributed by atoms with E-state index < -0.39 is 18.0 Å². The highest BCUT2D eigenvalue weighted by Gasteiger charge is 2.26. The van der Waals surface area contributed by atoms with E-state index in [1.165, 1.54) is 19.4 Å². The van der Waals surface area contributed by atoms with E-state index in [1.54, 1.807) is 30.3 Å². The molecule has 0 saturated carbocycles. The molecule has 0 fully saturated rings. The first-order valence-corrected chi connectivity index (χ1v) is 6.78. The van der Waals surface area contributed by atoms with Gasteiger partial charge >= 0.3 is 5.97 Å². The molecule has 0 radical (unpaired) electrons. The van der Waals surface area contributed by atoms with E-state index in [0.29, 0.717) is 18.7 Å². The second-order valence-corrected chi connectivity index (χ2v) is 4.46. The van der Waals surface area contributed by atoms with Crippen LogP contribution in [0.4, 0.5) is 0 Å². The van der Waals surface area contributed by atoms with Crippen LogP contribution in [0.5, 0.6) is 0 Å². The summed E-state index contributed by atoms with van der Waals surface area (Å²) in [7, 11) is 1.54. The number of furan rings is 1. The van der Waals surface area contributed by atoms with Crippen molar-refractivity contribution in [1.29, 1.82) is 0 Å². The third-order valence-corrected chi connectivity index (χ3v) is 2.89. The molecule has 1 N–H and O–H groups in total. The molecular weight excluding hydrogens is 286 g/mol. The summed E-state index contributed by atoms with van der Waals surface area (Å²) in [6.45, 7) is 0.705. The first kappa shape index (κ1) is 15.8. The lowest BCUT2D eigenvalue weighted by Gasteiger charge is -2.17. The van der Waals surface area contributed by atoms with Gasteiger partial charge in [0.15, 0.2) is 0 Å². The van der Waals surface area contributed by atoms with Crippen molar-refractivity contribution >= 4 is 11.9 Å². The van der Waals surface area contributed by atoms with Gasteiger partial charge in [0.05, 0.1) is 12.9 Å². The molecule has 1 atom stereocenters. The van der Waals surface area contributed by atoms with Crippen molar-refractivity contribution in [1.82, 2.24) is 5.32 Å². The highest BCUT2D eigenvalue weighted by Crippen LogP contribution is 2.19.